The van der Waals surface area contributed by atoms with Gasteiger partial charge >= 0.3 is 0 Å². The quantitative estimate of drug-likeness (QED) is 0.698. The van der Waals surface area contributed by atoms with Gasteiger partial charge in [-0.2, -0.15) is 0 Å². The lowest BCUT2D eigenvalue weighted by molar-refractivity contribution is -0.143. The molecule has 6 nitrogen and oxygen atoms in total. The molecule has 4 rings (SSSR count). The van der Waals surface area contributed by atoms with E-state index >= 15 is 0 Å². The number of carbonyl (C=O) groups is 3. The summed E-state index contributed by atoms with van der Waals surface area (Å²) in [6, 6.07) is 6.18. The third kappa shape index (κ3) is 3.02. The summed E-state index contributed by atoms with van der Waals surface area (Å²) in [7, 11) is 1.49. The Morgan fingerprint density at radius 1 is 1.29 bits per heavy atom. The van der Waals surface area contributed by atoms with Crippen LogP contribution in [0.25, 0.3) is 0 Å². The number of fused-ring (bicyclic) bond motifs is 2. The van der Waals surface area contributed by atoms with Crippen molar-refractivity contribution < 1.29 is 23.5 Å². The molecule has 2 aliphatic heterocycles. The van der Waals surface area contributed by atoms with Crippen LogP contribution in [0.1, 0.15) is 37.7 Å². The zero-order valence-corrected chi connectivity index (χ0v) is 16.0. The van der Waals surface area contributed by atoms with Crippen molar-refractivity contribution in [1.82, 2.24) is 9.80 Å². The molecule has 7 heteroatoms. The molecule has 3 amide bonds. The lowest BCUT2D eigenvalue weighted by atomic mass is 9.75. The molecule has 3 aliphatic rings. The number of nitrogens with zero attached hydrogens (tertiary/aromatic N) is 2. The maximum Gasteiger partial charge on any atom is 0.241 e. The molecule has 3 fully saturated rings. The first-order chi connectivity index (χ1) is 13.5. The van der Waals surface area contributed by atoms with Crippen molar-refractivity contribution in [3.63, 3.8) is 0 Å². The van der Waals surface area contributed by atoms with Gasteiger partial charge in [-0.15, -0.1) is 0 Å². The van der Waals surface area contributed by atoms with Crippen LogP contribution >= 0.6 is 0 Å². The summed E-state index contributed by atoms with van der Waals surface area (Å²) in [5.41, 5.74) is -1.35. The van der Waals surface area contributed by atoms with Crippen molar-refractivity contribution in [2.45, 2.75) is 43.6 Å². The van der Waals surface area contributed by atoms with Gasteiger partial charge < -0.3 is 9.64 Å². The minimum atomic E-state index is -1.48. The van der Waals surface area contributed by atoms with Crippen LogP contribution in [-0.2, 0) is 24.5 Å². The second-order valence-corrected chi connectivity index (χ2v) is 8.14. The Morgan fingerprint density at radius 3 is 2.71 bits per heavy atom. The van der Waals surface area contributed by atoms with Gasteiger partial charge in [0.1, 0.15) is 5.82 Å². The Bertz CT molecular complexity index is 813. The minimum absolute atomic E-state index is 0.104. The lowest BCUT2D eigenvalue weighted by Crippen LogP contribution is -2.46. The molecule has 0 aromatic heterocycles. The fourth-order valence-electron chi connectivity index (χ4n) is 5.09. The predicted molar refractivity (Wildman–Crippen MR) is 98.8 cm³/mol. The normalized spacial score (nSPS) is 29.2. The second-order valence-electron chi connectivity index (χ2n) is 8.14. The molecular formula is C21H25FN2O4. The summed E-state index contributed by atoms with van der Waals surface area (Å²) < 4.78 is 19.7. The number of likely N-dealkylation sites (tertiary alicyclic amines) is 2. The van der Waals surface area contributed by atoms with Gasteiger partial charge in [0.25, 0.3) is 0 Å². The highest BCUT2D eigenvalue weighted by Gasteiger charge is 2.55. The highest BCUT2D eigenvalue weighted by molar-refractivity contribution is 6.10. The van der Waals surface area contributed by atoms with Gasteiger partial charge in [0, 0.05) is 38.1 Å². The molecule has 2 bridgehead atoms. The lowest BCUT2D eigenvalue weighted by Gasteiger charge is -2.32. The van der Waals surface area contributed by atoms with E-state index in [2.05, 4.69) is 0 Å². The van der Waals surface area contributed by atoms with E-state index in [1.807, 2.05) is 4.90 Å². The first kappa shape index (κ1) is 19.1. The Labute approximate surface area is 163 Å². The predicted octanol–water partition coefficient (Wildman–Crippen LogP) is 1.87. The largest absolute Gasteiger partial charge is 0.383 e. The van der Waals surface area contributed by atoms with E-state index < -0.39 is 17.1 Å². The summed E-state index contributed by atoms with van der Waals surface area (Å²) in [5.74, 6) is -1.09. The number of hydrogen-bond donors (Lipinski definition) is 0. The van der Waals surface area contributed by atoms with Crippen molar-refractivity contribution in [3.05, 3.63) is 35.6 Å². The third-order valence-electron chi connectivity index (χ3n) is 6.50. The number of imide groups is 1. The van der Waals surface area contributed by atoms with Gasteiger partial charge in [0.05, 0.1) is 18.6 Å². The van der Waals surface area contributed by atoms with Crippen molar-refractivity contribution >= 4 is 17.7 Å². The van der Waals surface area contributed by atoms with E-state index in [-0.39, 0.29) is 49.4 Å². The Kier molecular flexibility index (Phi) is 4.95. The molecule has 0 spiro atoms. The number of hydrogen-bond acceptors (Lipinski definition) is 4. The van der Waals surface area contributed by atoms with Crippen LogP contribution in [0.4, 0.5) is 4.39 Å². The zero-order valence-electron chi connectivity index (χ0n) is 16.0. The summed E-state index contributed by atoms with van der Waals surface area (Å²) in [5, 5.41) is 0. The molecule has 1 aromatic rings. The molecule has 2 saturated heterocycles. The number of ether oxygens (including phenoxy) is 1. The first-order valence-electron chi connectivity index (χ1n) is 9.84. The average molecular weight is 388 g/mol. The summed E-state index contributed by atoms with van der Waals surface area (Å²) in [6.07, 6.45) is 2.76. The van der Waals surface area contributed by atoms with E-state index in [9.17, 15) is 18.8 Å². The maximum absolute atomic E-state index is 14.7. The Balaban J connectivity index is 1.67. The van der Waals surface area contributed by atoms with E-state index in [4.69, 9.17) is 4.74 Å². The van der Waals surface area contributed by atoms with E-state index in [0.29, 0.717) is 12.5 Å². The van der Waals surface area contributed by atoms with Crippen molar-refractivity contribution in [1.29, 1.82) is 0 Å². The molecule has 2 heterocycles. The van der Waals surface area contributed by atoms with Crippen LogP contribution in [0.3, 0.4) is 0 Å². The monoisotopic (exact) mass is 388 g/mol. The van der Waals surface area contributed by atoms with Crippen LogP contribution in [0, 0.1) is 11.7 Å². The van der Waals surface area contributed by atoms with Gasteiger partial charge in [0.2, 0.25) is 17.7 Å². The van der Waals surface area contributed by atoms with Gasteiger partial charge in [-0.3, -0.25) is 19.3 Å². The van der Waals surface area contributed by atoms with Crippen molar-refractivity contribution in [2.75, 3.05) is 26.8 Å². The van der Waals surface area contributed by atoms with Gasteiger partial charge in [0.15, 0.2) is 0 Å². The first-order valence-corrected chi connectivity index (χ1v) is 9.84. The van der Waals surface area contributed by atoms with Gasteiger partial charge in [-0.1, -0.05) is 18.2 Å². The van der Waals surface area contributed by atoms with Crippen LogP contribution < -0.4 is 0 Å². The van der Waals surface area contributed by atoms with E-state index in [0.717, 1.165) is 24.2 Å². The number of halogens is 1. The van der Waals surface area contributed by atoms with Crippen LogP contribution in [0.2, 0.25) is 0 Å². The highest BCUT2D eigenvalue weighted by atomic mass is 19.1. The molecule has 0 N–H and O–H groups in total. The number of methoxy groups -OCH3 is 1. The summed E-state index contributed by atoms with van der Waals surface area (Å²) in [4.78, 5) is 42.0. The molecule has 0 radical (unpaired) electrons. The van der Waals surface area contributed by atoms with E-state index in [1.54, 1.807) is 6.07 Å². The standard InChI is InChI=1S/C21H25FN2O4/c1-28-9-8-23-18(25)11-21(20(23)27,16-4-2-3-5-17(16)22)12-19(26)24-13-14-6-7-15(24)10-14/h2-5,14-15H,6-13H2,1H3/t14-,15-,21-/m1/s1. The Morgan fingerprint density at radius 2 is 2.07 bits per heavy atom. The fourth-order valence-corrected chi connectivity index (χ4v) is 5.09. The number of piperidine rings is 1. The van der Waals surface area contributed by atoms with Gasteiger partial charge in [-0.05, 0) is 31.2 Å². The van der Waals surface area contributed by atoms with Crippen molar-refractivity contribution in [2.24, 2.45) is 5.92 Å². The average Bonchev–Trinajstić information content (AvgIpc) is 3.36. The Hall–Kier alpha value is -2.28. The zero-order chi connectivity index (χ0) is 19.9. The van der Waals surface area contributed by atoms with Crippen LogP contribution in [-0.4, -0.2) is 60.4 Å². The maximum atomic E-state index is 14.7. The van der Waals surface area contributed by atoms with Crippen molar-refractivity contribution in [3.8, 4) is 0 Å². The molecule has 28 heavy (non-hydrogen) atoms. The smallest absolute Gasteiger partial charge is 0.241 e. The summed E-state index contributed by atoms with van der Waals surface area (Å²) in [6.45, 7) is 1.01. The SMILES string of the molecule is COCCN1C(=O)C[C@@](CC(=O)N2C[C@@H]3CC[C@@H]2C3)(c2ccccc2F)C1=O. The van der Waals surface area contributed by atoms with Gasteiger partial charge in [-0.25, -0.2) is 4.39 Å². The number of benzene rings is 1. The number of rotatable bonds is 6. The van der Waals surface area contributed by atoms with Crippen LogP contribution in [0.15, 0.2) is 24.3 Å². The minimum Gasteiger partial charge on any atom is -0.383 e. The molecule has 1 saturated carbocycles. The molecule has 150 valence electrons. The second kappa shape index (κ2) is 7.28. The molecule has 1 aromatic carbocycles. The number of amides is 3. The highest BCUT2D eigenvalue weighted by Crippen LogP contribution is 2.43. The number of carbonyl (C=O) groups excluding carboxylic acids is 3. The summed E-state index contributed by atoms with van der Waals surface area (Å²) >= 11 is 0. The topological polar surface area (TPSA) is 66.9 Å². The van der Waals surface area contributed by atoms with E-state index in [1.165, 1.54) is 25.3 Å². The molecule has 3 atom stereocenters. The fraction of sp³-hybridized carbons (Fsp3) is 0.571. The molecule has 0 unspecified atom stereocenters. The molecule has 1 aliphatic carbocycles. The third-order valence-corrected chi connectivity index (χ3v) is 6.50. The molecular weight excluding hydrogens is 363 g/mol. The van der Waals surface area contributed by atoms with Crippen LogP contribution in [0.5, 0.6) is 0 Å².